The number of carbonyl (C=O) groups excluding carboxylic acids is 7. The maximum Gasteiger partial charge on any atom is 0.245 e. The Bertz CT molecular complexity index is 1280. The van der Waals surface area contributed by atoms with Crippen molar-refractivity contribution in [3.63, 3.8) is 0 Å². The van der Waals surface area contributed by atoms with Crippen LogP contribution in [0.1, 0.15) is 120 Å². The standard InChI is InChI=1S/C38H65N7O7/c1-22(2)18-27-34(48)39-26(13-14-32(46)44-15-9-10-16-44)33(47)43-30(21-25(7)8)38(52)45-17-11-12-31(45)37(51)42-29(20-24(5)6)36(50)41-28(19-23(3)4)35(49)40-27/h22-31H,9-21H2,1-8H3,(H,39,48)(H,40,49)(H,41,50)(H,42,51)(H,43,47)/t26?,27-,28+,29?,30+,31-/m1/s1. The van der Waals surface area contributed by atoms with Gasteiger partial charge in [0.25, 0.3) is 0 Å². The van der Waals surface area contributed by atoms with E-state index in [1.807, 2.05) is 55.4 Å². The Kier molecular flexibility index (Phi) is 16.4. The van der Waals surface area contributed by atoms with E-state index in [4.69, 9.17) is 0 Å². The van der Waals surface area contributed by atoms with Crippen LogP contribution in [0, 0.1) is 23.7 Å². The van der Waals surface area contributed by atoms with Crippen molar-refractivity contribution in [2.24, 2.45) is 23.7 Å². The lowest BCUT2D eigenvalue weighted by molar-refractivity contribution is -0.143. The minimum Gasteiger partial charge on any atom is -0.343 e. The highest BCUT2D eigenvalue weighted by Crippen LogP contribution is 2.22. The molecule has 3 heterocycles. The number of hydrogen-bond acceptors (Lipinski definition) is 7. The van der Waals surface area contributed by atoms with Gasteiger partial charge in [-0.3, -0.25) is 33.6 Å². The summed E-state index contributed by atoms with van der Waals surface area (Å²) in [5.41, 5.74) is 0. The van der Waals surface area contributed by atoms with E-state index in [1.165, 1.54) is 4.90 Å². The molecule has 0 aromatic carbocycles. The van der Waals surface area contributed by atoms with Crippen LogP contribution in [0.5, 0.6) is 0 Å². The Morgan fingerprint density at radius 2 is 0.923 bits per heavy atom. The third kappa shape index (κ3) is 12.8. The fraction of sp³-hybridized carbons (Fsp3) is 0.816. The minimum absolute atomic E-state index is 0.00230. The molecule has 7 amide bonds. The lowest BCUT2D eigenvalue weighted by Gasteiger charge is -2.32. The first-order valence-corrected chi connectivity index (χ1v) is 19.6. The van der Waals surface area contributed by atoms with Crippen LogP contribution in [0.4, 0.5) is 0 Å². The fourth-order valence-electron chi connectivity index (χ4n) is 7.32. The maximum absolute atomic E-state index is 14.2. The second-order valence-electron chi connectivity index (χ2n) is 16.6. The first-order valence-electron chi connectivity index (χ1n) is 19.6. The van der Waals surface area contributed by atoms with Crippen molar-refractivity contribution in [1.29, 1.82) is 0 Å². The van der Waals surface area contributed by atoms with Gasteiger partial charge in [-0.1, -0.05) is 55.4 Å². The molecule has 0 spiro atoms. The van der Waals surface area contributed by atoms with E-state index in [0.717, 1.165) is 12.8 Å². The van der Waals surface area contributed by atoms with Gasteiger partial charge in [-0.05, 0) is 81.5 Å². The van der Waals surface area contributed by atoms with Gasteiger partial charge in [-0.25, -0.2) is 0 Å². The average molecular weight is 732 g/mol. The van der Waals surface area contributed by atoms with Gasteiger partial charge >= 0.3 is 0 Å². The Balaban J connectivity index is 2.06. The molecule has 14 heteroatoms. The van der Waals surface area contributed by atoms with Crippen molar-refractivity contribution in [2.75, 3.05) is 19.6 Å². The number of hydrogen-bond donors (Lipinski definition) is 5. The molecule has 52 heavy (non-hydrogen) atoms. The zero-order valence-electron chi connectivity index (χ0n) is 32.7. The van der Waals surface area contributed by atoms with E-state index in [0.29, 0.717) is 38.9 Å². The number of fused-ring (bicyclic) bond motifs is 1. The van der Waals surface area contributed by atoms with E-state index in [9.17, 15) is 33.6 Å². The quantitative estimate of drug-likeness (QED) is 0.215. The molecule has 3 aliphatic rings. The van der Waals surface area contributed by atoms with Crippen LogP contribution in [-0.2, 0) is 33.6 Å². The SMILES string of the molecule is CC(C)CC1NC(=O)[C@H]2CCCN2C(=O)[C@H](CC(C)C)NC(=O)C(CCC(=O)N2CCCC2)NC(=O)[C@@H](CC(C)C)NC(=O)[C@H](CC(C)C)NC1=O. The Labute approximate surface area is 310 Å². The predicted octanol–water partition coefficient (Wildman–Crippen LogP) is 2.00. The summed E-state index contributed by atoms with van der Waals surface area (Å²) < 4.78 is 0. The van der Waals surface area contributed by atoms with Crippen LogP contribution in [0.2, 0.25) is 0 Å². The van der Waals surface area contributed by atoms with Crippen molar-refractivity contribution in [3.05, 3.63) is 0 Å². The van der Waals surface area contributed by atoms with Crippen molar-refractivity contribution in [1.82, 2.24) is 36.4 Å². The Morgan fingerprint density at radius 3 is 1.38 bits per heavy atom. The van der Waals surface area contributed by atoms with E-state index in [1.54, 1.807) is 4.90 Å². The van der Waals surface area contributed by atoms with Gasteiger partial charge in [0, 0.05) is 26.1 Å². The summed E-state index contributed by atoms with van der Waals surface area (Å²) in [6, 6.07) is -6.03. The monoisotopic (exact) mass is 731 g/mol. The second-order valence-corrected chi connectivity index (χ2v) is 16.6. The van der Waals surface area contributed by atoms with Crippen LogP contribution in [0.15, 0.2) is 0 Å². The molecular weight excluding hydrogens is 666 g/mol. The van der Waals surface area contributed by atoms with Gasteiger partial charge in [0.1, 0.15) is 36.3 Å². The van der Waals surface area contributed by atoms with Crippen molar-refractivity contribution in [2.45, 2.75) is 156 Å². The highest BCUT2D eigenvalue weighted by molar-refractivity contribution is 5.98. The average Bonchev–Trinajstić information content (AvgIpc) is 3.77. The van der Waals surface area contributed by atoms with Crippen LogP contribution in [0.25, 0.3) is 0 Å². The molecule has 0 aromatic heterocycles. The summed E-state index contributed by atoms with van der Waals surface area (Å²) >= 11 is 0. The van der Waals surface area contributed by atoms with E-state index in [-0.39, 0.29) is 61.7 Å². The van der Waals surface area contributed by atoms with Crippen LogP contribution < -0.4 is 26.6 Å². The summed E-state index contributed by atoms with van der Waals surface area (Å²) in [5, 5.41) is 14.3. The molecule has 3 rings (SSSR count). The normalized spacial score (nSPS) is 27.3. The maximum atomic E-state index is 14.2. The molecule has 3 fully saturated rings. The number of rotatable bonds is 11. The molecule has 294 valence electrons. The smallest absolute Gasteiger partial charge is 0.245 e. The molecular formula is C38H65N7O7. The highest BCUT2D eigenvalue weighted by Gasteiger charge is 2.41. The zero-order chi connectivity index (χ0) is 38.7. The predicted molar refractivity (Wildman–Crippen MR) is 197 cm³/mol. The van der Waals surface area contributed by atoms with Crippen molar-refractivity contribution in [3.8, 4) is 0 Å². The molecule has 0 aliphatic carbocycles. The molecule has 5 N–H and O–H groups in total. The molecule has 0 saturated carbocycles. The molecule has 6 atom stereocenters. The third-order valence-electron chi connectivity index (χ3n) is 9.92. The molecule has 0 bridgehead atoms. The third-order valence-corrected chi connectivity index (χ3v) is 9.92. The molecule has 2 unspecified atom stereocenters. The topological polar surface area (TPSA) is 186 Å². The van der Waals surface area contributed by atoms with Crippen molar-refractivity contribution >= 4 is 41.4 Å². The Hall–Kier alpha value is -3.71. The van der Waals surface area contributed by atoms with E-state index < -0.39 is 71.7 Å². The van der Waals surface area contributed by atoms with Crippen LogP contribution >= 0.6 is 0 Å². The number of nitrogens with one attached hydrogen (secondary N) is 5. The van der Waals surface area contributed by atoms with Crippen LogP contribution in [0.3, 0.4) is 0 Å². The largest absolute Gasteiger partial charge is 0.343 e. The van der Waals surface area contributed by atoms with E-state index >= 15 is 0 Å². The summed E-state index contributed by atoms with van der Waals surface area (Å²) in [5.74, 6) is -3.26. The van der Waals surface area contributed by atoms with Gasteiger partial charge < -0.3 is 36.4 Å². The molecule has 14 nitrogen and oxygen atoms in total. The minimum atomic E-state index is -1.17. The van der Waals surface area contributed by atoms with Gasteiger partial charge in [0.2, 0.25) is 41.4 Å². The van der Waals surface area contributed by atoms with Gasteiger partial charge in [-0.15, -0.1) is 0 Å². The van der Waals surface area contributed by atoms with E-state index in [2.05, 4.69) is 26.6 Å². The summed E-state index contributed by atoms with van der Waals surface area (Å²) in [6.45, 7) is 17.0. The second kappa shape index (κ2) is 19.9. The fourth-order valence-corrected chi connectivity index (χ4v) is 7.32. The zero-order valence-corrected chi connectivity index (χ0v) is 32.7. The summed E-state index contributed by atoms with van der Waals surface area (Å²) in [6.07, 6.45) is 3.90. The van der Waals surface area contributed by atoms with Crippen molar-refractivity contribution < 1.29 is 33.6 Å². The number of nitrogens with zero attached hydrogens (tertiary/aromatic N) is 2. The van der Waals surface area contributed by atoms with Gasteiger partial charge in [-0.2, -0.15) is 0 Å². The number of carbonyl (C=O) groups is 7. The number of likely N-dealkylation sites (tertiary alicyclic amines) is 1. The summed E-state index contributed by atoms with van der Waals surface area (Å²) in [4.78, 5) is 100. The first kappa shape index (κ1) is 42.7. The van der Waals surface area contributed by atoms with Gasteiger partial charge in [0.15, 0.2) is 0 Å². The van der Waals surface area contributed by atoms with Gasteiger partial charge in [0.05, 0.1) is 0 Å². The lowest BCUT2D eigenvalue weighted by atomic mass is 9.98. The Morgan fingerprint density at radius 1 is 0.538 bits per heavy atom. The highest BCUT2D eigenvalue weighted by atomic mass is 16.2. The molecule has 0 radical (unpaired) electrons. The first-order chi connectivity index (χ1) is 24.5. The molecule has 3 aliphatic heterocycles. The van der Waals surface area contributed by atoms with Crippen LogP contribution in [-0.4, -0.2) is 107 Å². The molecule has 3 saturated heterocycles. The lowest BCUT2D eigenvalue weighted by Crippen LogP contribution is -2.61. The molecule has 0 aromatic rings. The summed E-state index contributed by atoms with van der Waals surface area (Å²) in [7, 11) is 0. The number of amides is 7.